The van der Waals surface area contributed by atoms with Gasteiger partial charge in [-0.25, -0.2) is 9.97 Å². The number of ether oxygens (including phenoxy) is 1. The Morgan fingerprint density at radius 2 is 2.03 bits per heavy atom. The fourth-order valence-electron chi connectivity index (χ4n) is 3.86. The summed E-state index contributed by atoms with van der Waals surface area (Å²) in [5.41, 5.74) is 2.36. The van der Waals surface area contributed by atoms with Crippen LogP contribution in [0.4, 0.5) is 5.95 Å². The Morgan fingerprint density at radius 3 is 2.77 bits per heavy atom. The average Bonchev–Trinajstić information content (AvgIpc) is 3.14. The van der Waals surface area contributed by atoms with Crippen LogP contribution in [-0.2, 0) is 17.7 Å². The Morgan fingerprint density at radius 1 is 1.23 bits per heavy atom. The van der Waals surface area contributed by atoms with Crippen LogP contribution < -0.4 is 4.72 Å². The van der Waals surface area contributed by atoms with Gasteiger partial charge in [0, 0.05) is 37.8 Å². The molecule has 0 spiro atoms. The van der Waals surface area contributed by atoms with Gasteiger partial charge in [-0.2, -0.15) is 5.10 Å². The first-order chi connectivity index (χ1) is 14.7. The topological polar surface area (TPSA) is 95.6 Å². The number of methoxy groups -OCH3 is 1. The average molecular weight is 447 g/mol. The van der Waals surface area contributed by atoms with Crippen molar-refractivity contribution in [1.29, 1.82) is 0 Å². The number of hydrogen-bond acceptors (Lipinski definition) is 8. The van der Waals surface area contributed by atoms with E-state index in [4.69, 9.17) is 16.3 Å². The monoisotopic (exact) mass is 446 g/mol. The highest BCUT2D eigenvalue weighted by atomic mass is 35.5. The summed E-state index contributed by atoms with van der Waals surface area (Å²) >= 11 is 7.43. The molecule has 2 atom stereocenters. The zero-order valence-electron chi connectivity index (χ0n) is 16.8. The quantitative estimate of drug-likeness (QED) is 0.523. The van der Waals surface area contributed by atoms with E-state index < -0.39 is 0 Å². The molecule has 11 heteroatoms. The highest BCUT2D eigenvalue weighted by Crippen LogP contribution is 2.42. The van der Waals surface area contributed by atoms with Crippen molar-refractivity contribution in [2.75, 3.05) is 11.8 Å². The molecule has 0 saturated heterocycles. The second-order valence-corrected chi connectivity index (χ2v) is 9.24. The van der Waals surface area contributed by atoms with Gasteiger partial charge in [0.2, 0.25) is 5.95 Å². The minimum absolute atomic E-state index is 0.0318. The number of aryl methyl sites for hydroxylation is 1. The highest BCUT2D eigenvalue weighted by molar-refractivity contribution is 8.01. The van der Waals surface area contributed by atoms with Crippen LogP contribution in [0.25, 0.3) is 11.4 Å². The molecule has 1 saturated carbocycles. The van der Waals surface area contributed by atoms with Gasteiger partial charge in [0.1, 0.15) is 6.10 Å². The Hall–Kier alpha value is -2.17. The molecule has 0 radical (unpaired) electrons. The minimum atomic E-state index is -0.282. The van der Waals surface area contributed by atoms with E-state index in [1.807, 2.05) is 6.20 Å². The molecule has 2 unspecified atom stereocenters. The molecule has 4 heterocycles. The molecule has 0 amide bonds. The van der Waals surface area contributed by atoms with Crippen molar-refractivity contribution in [1.82, 2.24) is 34.5 Å². The third kappa shape index (κ3) is 3.67. The SMILES string of the molecule is COC(c1ncc(Cl)cn1)C(C)SNc1nnc(-c2cnn3c2CCC3)n1C1CC1. The summed E-state index contributed by atoms with van der Waals surface area (Å²) < 4.78 is 13.3. The number of nitrogens with zero attached hydrogens (tertiary/aromatic N) is 7. The Labute approximate surface area is 183 Å². The highest BCUT2D eigenvalue weighted by Gasteiger charge is 2.33. The molecule has 1 N–H and O–H groups in total. The predicted molar refractivity (Wildman–Crippen MR) is 115 cm³/mol. The van der Waals surface area contributed by atoms with Gasteiger partial charge < -0.3 is 4.74 Å². The molecule has 3 aromatic heterocycles. The maximum Gasteiger partial charge on any atom is 0.235 e. The van der Waals surface area contributed by atoms with Crippen molar-refractivity contribution in [2.24, 2.45) is 0 Å². The summed E-state index contributed by atoms with van der Waals surface area (Å²) in [4.78, 5) is 8.60. The molecule has 5 rings (SSSR count). The number of halogens is 1. The van der Waals surface area contributed by atoms with Crippen molar-refractivity contribution < 1.29 is 4.74 Å². The Kier molecular flexibility index (Phi) is 5.38. The summed E-state index contributed by atoms with van der Waals surface area (Å²) in [5, 5.41) is 14.0. The van der Waals surface area contributed by atoms with Crippen LogP contribution in [-0.4, -0.2) is 46.9 Å². The lowest BCUT2D eigenvalue weighted by Crippen LogP contribution is -2.19. The van der Waals surface area contributed by atoms with Crippen molar-refractivity contribution in [3.05, 3.63) is 35.1 Å². The summed E-state index contributed by atoms with van der Waals surface area (Å²) in [6, 6.07) is 0.433. The molecule has 0 aromatic carbocycles. The van der Waals surface area contributed by atoms with Gasteiger partial charge >= 0.3 is 0 Å². The molecule has 3 aromatic rings. The van der Waals surface area contributed by atoms with Gasteiger partial charge in [0.15, 0.2) is 11.6 Å². The molecule has 1 aliphatic heterocycles. The zero-order chi connectivity index (χ0) is 20.7. The van der Waals surface area contributed by atoms with Gasteiger partial charge in [-0.1, -0.05) is 11.6 Å². The fraction of sp³-hybridized carbons (Fsp3) is 0.526. The number of anilines is 1. The minimum Gasteiger partial charge on any atom is -0.372 e. The normalized spacial score (nSPS) is 17.7. The summed E-state index contributed by atoms with van der Waals surface area (Å²) in [6.07, 6.45) is 9.27. The van der Waals surface area contributed by atoms with Crippen LogP contribution >= 0.6 is 23.5 Å². The second kappa shape index (κ2) is 8.16. The molecular formula is C19H23ClN8OS. The number of rotatable bonds is 8. The van der Waals surface area contributed by atoms with Gasteiger partial charge in [-0.05, 0) is 44.6 Å². The number of hydrogen-bond donors (Lipinski definition) is 1. The Bertz CT molecular complexity index is 1030. The van der Waals surface area contributed by atoms with E-state index in [1.165, 1.54) is 17.6 Å². The number of aromatic nitrogens is 7. The predicted octanol–water partition coefficient (Wildman–Crippen LogP) is 3.70. The van der Waals surface area contributed by atoms with Crippen LogP contribution in [0.3, 0.4) is 0 Å². The maximum absolute atomic E-state index is 5.91. The summed E-state index contributed by atoms with van der Waals surface area (Å²) in [6.45, 7) is 3.05. The standard InChI is InChI=1S/C19H23ClN8OS/c1-11(16(29-2)17-21-8-12(20)9-22-17)30-26-19-25-24-18(28(19)13-5-6-13)14-10-23-27-7-3-4-15(14)27/h8-11,13,16H,3-7H2,1-2H3,(H,25,26). The third-order valence-corrected chi connectivity index (χ3v) is 6.61. The molecule has 158 valence electrons. The second-order valence-electron chi connectivity index (χ2n) is 7.62. The van der Waals surface area contributed by atoms with Crippen molar-refractivity contribution in [2.45, 2.75) is 56.5 Å². The van der Waals surface area contributed by atoms with Gasteiger partial charge in [0.25, 0.3) is 0 Å². The van der Waals surface area contributed by atoms with Gasteiger partial charge in [-0.3, -0.25) is 14.0 Å². The summed E-state index contributed by atoms with van der Waals surface area (Å²) in [5.74, 6) is 2.26. The van der Waals surface area contributed by atoms with E-state index in [-0.39, 0.29) is 11.4 Å². The molecule has 1 fully saturated rings. The van der Waals surface area contributed by atoms with Crippen LogP contribution in [0.5, 0.6) is 0 Å². The Balaban J connectivity index is 1.35. The van der Waals surface area contributed by atoms with Crippen molar-refractivity contribution in [3.8, 4) is 11.4 Å². The van der Waals surface area contributed by atoms with E-state index in [0.29, 0.717) is 16.9 Å². The molecule has 2 aliphatic rings. The summed E-state index contributed by atoms with van der Waals surface area (Å²) in [7, 11) is 1.66. The van der Waals surface area contributed by atoms with E-state index in [2.05, 4.69) is 46.2 Å². The lowest BCUT2D eigenvalue weighted by atomic mass is 10.2. The van der Waals surface area contributed by atoms with E-state index in [0.717, 1.165) is 49.6 Å². The zero-order valence-corrected chi connectivity index (χ0v) is 18.4. The van der Waals surface area contributed by atoms with Crippen LogP contribution in [0.2, 0.25) is 5.02 Å². The van der Waals surface area contributed by atoms with E-state index in [9.17, 15) is 0 Å². The largest absolute Gasteiger partial charge is 0.372 e. The van der Waals surface area contributed by atoms with Crippen molar-refractivity contribution >= 4 is 29.5 Å². The molecule has 0 bridgehead atoms. The first-order valence-corrected chi connectivity index (χ1v) is 11.3. The number of nitrogens with one attached hydrogen (secondary N) is 1. The van der Waals surface area contributed by atoms with Gasteiger partial charge in [0.05, 0.1) is 22.0 Å². The first-order valence-electron chi connectivity index (χ1n) is 10.1. The lowest BCUT2D eigenvalue weighted by Gasteiger charge is -2.21. The molecule has 30 heavy (non-hydrogen) atoms. The maximum atomic E-state index is 5.91. The molecule has 1 aliphatic carbocycles. The number of fused-ring (bicyclic) bond motifs is 1. The molecular weight excluding hydrogens is 424 g/mol. The third-order valence-electron chi connectivity index (χ3n) is 5.49. The van der Waals surface area contributed by atoms with Crippen LogP contribution in [0.1, 0.15) is 49.9 Å². The smallest absolute Gasteiger partial charge is 0.235 e. The van der Waals surface area contributed by atoms with Crippen molar-refractivity contribution in [3.63, 3.8) is 0 Å². The fourth-order valence-corrected chi connectivity index (χ4v) is 4.74. The van der Waals surface area contributed by atoms with E-state index >= 15 is 0 Å². The van der Waals surface area contributed by atoms with Crippen LogP contribution in [0.15, 0.2) is 18.6 Å². The van der Waals surface area contributed by atoms with Gasteiger partial charge in [-0.15, -0.1) is 10.2 Å². The first kappa shape index (κ1) is 19.8. The molecule has 9 nitrogen and oxygen atoms in total. The van der Waals surface area contributed by atoms with Crippen LogP contribution in [0, 0.1) is 0 Å². The van der Waals surface area contributed by atoms with E-state index in [1.54, 1.807) is 19.5 Å². The lowest BCUT2D eigenvalue weighted by molar-refractivity contribution is 0.0972.